The van der Waals surface area contributed by atoms with Gasteiger partial charge in [0.2, 0.25) is 0 Å². The molecule has 0 atom stereocenters. The summed E-state index contributed by atoms with van der Waals surface area (Å²) in [5.41, 5.74) is 0.806. The molecule has 0 saturated heterocycles. The van der Waals surface area contributed by atoms with Gasteiger partial charge in [-0.05, 0) is 39.0 Å². The largest absolute Gasteiger partial charge is 0.308 e. The number of nitrogens with zero attached hydrogens (tertiary/aromatic N) is 2. The molecule has 0 unspecified atom stereocenters. The average Bonchev–Trinajstić information content (AvgIpc) is 2.42. The van der Waals surface area contributed by atoms with E-state index in [0.717, 1.165) is 31.1 Å². The molecule has 3 heteroatoms. The average molecular weight is 294 g/mol. The summed E-state index contributed by atoms with van der Waals surface area (Å²) in [5, 5.41) is 0. The Balaban J connectivity index is 2.49. The molecule has 0 fully saturated rings. The van der Waals surface area contributed by atoms with Crippen molar-refractivity contribution in [3.63, 3.8) is 0 Å². The maximum atomic E-state index is 13.8. The smallest absolute Gasteiger partial charge is 0.127 e. The Kier molecular flexibility index (Phi) is 8.55. The predicted molar refractivity (Wildman–Crippen MR) is 88.9 cm³/mol. The maximum absolute atomic E-state index is 13.8. The van der Waals surface area contributed by atoms with E-state index in [2.05, 4.69) is 37.7 Å². The highest BCUT2D eigenvalue weighted by Gasteiger charge is 2.09. The molecule has 0 aliphatic rings. The molecule has 0 aliphatic carbocycles. The minimum Gasteiger partial charge on any atom is -0.308 e. The van der Waals surface area contributed by atoms with Crippen LogP contribution < -0.4 is 0 Å². The lowest BCUT2D eigenvalue weighted by Crippen LogP contribution is -2.32. The summed E-state index contributed by atoms with van der Waals surface area (Å²) in [5.74, 6) is 0.682. The van der Waals surface area contributed by atoms with Crippen molar-refractivity contribution in [3.05, 3.63) is 35.6 Å². The second-order valence-electron chi connectivity index (χ2n) is 6.56. The molecule has 2 nitrogen and oxygen atoms in total. The normalized spacial score (nSPS) is 11.8. The molecule has 21 heavy (non-hydrogen) atoms. The number of hydrogen-bond acceptors (Lipinski definition) is 2. The van der Waals surface area contributed by atoms with E-state index >= 15 is 0 Å². The van der Waals surface area contributed by atoms with Gasteiger partial charge in [-0.25, -0.2) is 4.39 Å². The molecule has 0 saturated carbocycles. The van der Waals surface area contributed by atoms with E-state index < -0.39 is 0 Å². The number of halogens is 1. The predicted octanol–water partition coefficient (Wildman–Crippen LogP) is 4.02. The molecule has 0 N–H and O–H groups in total. The van der Waals surface area contributed by atoms with Gasteiger partial charge in [0.05, 0.1) is 0 Å². The number of unbranched alkanes of at least 4 members (excludes halogenated alkanes) is 1. The third kappa shape index (κ3) is 8.18. The molecule has 120 valence electrons. The zero-order chi connectivity index (χ0) is 15.7. The molecule has 0 radical (unpaired) electrons. The van der Waals surface area contributed by atoms with Crippen LogP contribution in [0.5, 0.6) is 0 Å². The van der Waals surface area contributed by atoms with Crippen LogP contribution in [-0.4, -0.2) is 43.5 Å². The highest BCUT2D eigenvalue weighted by Crippen LogP contribution is 2.12. The summed E-state index contributed by atoms with van der Waals surface area (Å²) in [6, 6.07) is 7.12. The van der Waals surface area contributed by atoms with Gasteiger partial charge in [0.1, 0.15) is 5.82 Å². The van der Waals surface area contributed by atoms with Crippen LogP contribution in [0.4, 0.5) is 4.39 Å². The highest BCUT2D eigenvalue weighted by molar-refractivity contribution is 5.17. The summed E-state index contributed by atoms with van der Waals surface area (Å²) in [6.07, 6.45) is 3.73. The summed E-state index contributed by atoms with van der Waals surface area (Å²) < 4.78 is 13.8. The first-order valence-electron chi connectivity index (χ1n) is 8.09. The van der Waals surface area contributed by atoms with Gasteiger partial charge in [0.25, 0.3) is 0 Å². The molecule has 0 amide bonds. The minimum atomic E-state index is -0.0884. The fourth-order valence-electron chi connectivity index (χ4n) is 2.37. The van der Waals surface area contributed by atoms with Gasteiger partial charge in [-0.1, -0.05) is 44.9 Å². The zero-order valence-corrected chi connectivity index (χ0v) is 14.1. The second kappa shape index (κ2) is 9.91. The van der Waals surface area contributed by atoms with Gasteiger partial charge in [-0.2, -0.15) is 0 Å². The van der Waals surface area contributed by atoms with Crippen LogP contribution in [-0.2, 0) is 6.54 Å². The Labute approximate surface area is 129 Å². The first kappa shape index (κ1) is 18.1. The Hall–Kier alpha value is -0.930. The number of hydrogen-bond donors (Lipinski definition) is 0. The van der Waals surface area contributed by atoms with E-state index in [0.29, 0.717) is 6.54 Å². The first-order chi connectivity index (χ1) is 9.99. The lowest BCUT2D eigenvalue weighted by Gasteiger charge is -2.24. The van der Waals surface area contributed by atoms with Gasteiger partial charge in [-0.3, -0.25) is 4.90 Å². The Morgan fingerprint density at radius 3 is 2.33 bits per heavy atom. The zero-order valence-electron chi connectivity index (χ0n) is 14.1. The molecule has 0 spiro atoms. The van der Waals surface area contributed by atoms with Crippen molar-refractivity contribution in [1.29, 1.82) is 0 Å². The molecule has 0 heterocycles. The molecule has 1 rings (SSSR count). The molecule has 1 aromatic carbocycles. The van der Waals surface area contributed by atoms with Crippen LogP contribution >= 0.6 is 0 Å². The number of rotatable bonds is 10. The van der Waals surface area contributed by atoms with E-state index in [1.807, 2.05) is 12.1 Å². The van der Waals surface area contributed by atoms with Gasteiger partial charge in [-0.15, -0.1) is 0 Å². The lowest BCUT2D eigenvalue weighted by atomic mass is 10.1. The van der Waals surface area contributed by atoms with E-state index in [4.69, 9.17) is 0 Å². The maximum Gasteiger partial charge on any atom is 0.127 e. The molecule has 1 aromatic rings. The van der Waals surface area contributed by atoms with Crippen LogP contribution in [0.2, 0.25) is 0 Å². The van der Waals surface area contributed by atoms with Crippen molar-refractivity contribution in [2.75, 3.05) is 33.7 Å². The van der Waals surface area contributed by atoms with E-state index in [-0.39, 0.29) is 5.82 Å². The van der Waals surface area contributed by atoms with Crippen molar-refractivity contribution in [3.8, 4) is 0 Å². The van der Waals surface area contributed by atoms with Gasteiger partial charge in [0.15, 0.2) is 0 Å². The van der Waals surface area contributed by atoms with E-state index in [1.165, 1.54) is 19.3 Å². The standard InChI is InChI=1S/C18H31FN2/c1-16(2)9-7-8-12-21(14-13-20(3)4)15-17-10-5-6-11-18(17)19/h5-6,10-11,16H,7-9,12-15H2,1-4H3. The van der Waals surface area contributed by atoms with Crippen LogP contribution in [0.1, 0.15) is 38.7 Å². The van der Waals surface area contributed by atoms with Crippen LogP contribution in [0, 0.1) is 11.7 Å². The van der Waals surface area contributed by atoms with Crippen molar-refractivity contribution < 1.29 is 4.39 Å². The van der Waals surface area contributed by atoms with Crippen molar-refractivity contribution in [2.24, 2.45) is 5.92 Å². The summed E-state index contributed by atoms with van der Waals surface area (Å²) >= 11 is 0. The van der Waals surface area contributed by atoms with Crippen molar-refractivity contribution in [2.45, 2.75) is 39.7 Å². The van der Waals surface area contributed by atoms with Crippen molar-refractivity contribution in [1.82, 2.24) is 9.80 Å². The van der Waals surface area contributed by atoms with Gasteiger partial charge in [0, 0.05) is 25.2 Å². The molecule has 0 aromatic heterocycles. The Bertz CT molecular complexity index is 391. The Morgan fingerprint density at radius 2 is 1.71 bits per heavy atom. The molecular weight excluding hydrogens is 263 g/mol. The van der Waals surface area contributed by atoms with Gasteiger partial charge >= 0.3 is 0 Å². The fourth-order valence-corrected chi connectivity index (χ4v) is 2.37. The fraction of sp³-hybridized carbons (Fsp3) is 0.667. The third-order valence-corrected chi connectivity index (χ3v) is 3.72. The third-order valence-electron chi connectivity index (χ3n) is 3.72. The topological polar surface area (TPSA) is 6.48 Å². The number of likely N-dealkylation sites (N-methyl/N-ethyl adjacent to an activating group) is 1. The molecule has 0 bridgehead atoms. The SMILES string of the molecule is CC(C)CCCCN(CCN(C)C)Cc1ccccc1F. The van der Waals surface area contributed by atoms with Gasteiger partial charge < -0.3 is 4.90 Å². The van der Waals surface area contributed by atoms with E-state index in [9.17, 15) is 4.39 Å². The molecule has 0 aliphatic heterocycles. The van der Waals surface area contributed by atoms with Crippen LogP contribution in [0.25, 0.3) is 0 Å². The summed E-state index contributed by atoms with van der Waals surface area (Å²) in [4.78, 5) is 4.56. The minimum absolute atomic E-state index is 0.0884. The molecular formula is C18H31FN2. The summed E-state index contributed by atoms with van der Waals surface area (Å²) in [6.45, 7) is 8.30. The highest BCUT2D eigenvalue weighted by atomic mass is 19.1. The van der Waals surface area contributed by atoms with E-state index in [1.54, 1.807) is 12.1 Å². The van der Waals surface area contributed by atoms with Crippen LogP contribution in [0.15, 0.2) is 24.3 Å². The lowest BCUT2D eigenvalue weighted by molar-refractivity contribution is 0.225. The van der Waals surface area contributed by atoms with Crippen molar-refractivity contribution >= 4 is 0 Å². The van der Waals surface area contributed by atoms with Crippen LogP contribution in [0.3, 0.4) is 0 Å². The first-order valence-corrected chi connectivity index (χ1v) is 8.09. The second-order valence-corrected chi connectivity index (χ2v) is 6.56. The summed E-state index contributed by atoms with van der Waals surface area (Å²) in [7, 11) is 4.17. The quantitative estimate of drug-likeness (QED) is 0.601. The Morgan fingerprint density at radius 1 is 1.00 bits per heavy atom. The number of benzene rings is 1. The monoisotopic (exact) mass is 294 g/mol.